The highest BCUT2D eigenvalue weighted by molar-refractivity contribution is 6.08. The fraction of sp³-hybridized carbons (Fsp3) is 0.350. The molecule has 1 heterocycles. The number of fused-ring (bicyclic) bond motifs is 1. The van der Waals surface area contributed by atoms with Crippen LogP contribution < -0.4 is 19.7 Å². The van der Waals surface area contributed by atoms with Crippen LogP contribution >= 0.6 is 0 Å². The average Bonchev–Trinajstić information content (AvgIpc) is 3.26. The maximum atomic E-state index is 12.8. The standard InChI is InChI=1S/C20H21N3O5/c1-22(2)16-7-6-14(23(25)26)12-15(16)19(24)21-13-5-8-17-18(11-13)28-20(27-17)9-3-4-10-20/h5-8,11-12H,3-4,9-10H2,1-2H3,(H,21,24). The Morgan fingerprint density at radius 3 is 2.50 bits per heavy atom. The van der Waals surface area contributed by atoms with Gasteiger partial charge in [-0.1, -0.05) is 0 Å². The Morgan fingerprint density at radius 1 is 1.11 bits per heavy atom. The van der Waals surface area contributed by atoms with Crippen molar-refractivity contribution in [1.29, 1.82) is 0 Å². The quantitative estimate of drug-likeness (QED) is 0.634. The second-order valence-corrected chi connectivity index (χ2v) is 7.29. The van der Waals surface area contributed by atoms with Crippen LogP contribution in [0, 0.1) is 10.1 Å². The zero-order valence-corrected chi connectivity index (χ0v) is 15.7. The van der Waals surface area contributed by atoms with Crippen molar-refractivity contribution in [3.8, 4) is 11.5 Å². The fourth-order valence-electron chi connectivity index (χ4n) is 3.70. The molecule has 1 aliphatic heterocycles. The SMILES string of the molecule is CN(C)c1ccc([N+](=O)[O-])cc1C(=O)Nc1ccc2c(c1)OC1(CCCC1)O2. The highest BCUT2D eigenvalue weighted by Crippen LogP contribution is 2.47. The lowest BCUT2D eigenvalue weighted by Gasteiger charge is -2.21. The van der Waals surface area contributed by atoms with Crippen LogP contribution in [-0.4, -0.2) is 30.7 Å². The Hall–Kier alpha value is -3.29. The first-order chi connectivity index (χ1) is 13.4. The third-order valence-corrected chi connectivity index (χ3v) is 5.08. The summed E-state index contributed by atoms with van der Waals surface area (Å²) in [6, 6.07) is 9.47. The highest BCUT2D eigenvalue weighted by atomic mass is 16.7. The Labute approximate surface area is 162 Å². The molecular formula is C20H21N3O5. The molecule has 8 heteroatoms. The monoisotopic (exact) mass is 383 g/mol. The van der Waals surface area contributed by atoms with E-state index >= 15 is 0 Å². The number of nitrogens with zero attached hydrogens (tertiary/aromatic N) is 2. The van der Waals surface area contributed by atoms with E-state index in [1.165, 1.54) is 12.1 Å². The molecule has 1 aliphatic carbocycles. The molecule has 2 aromatic rings. The Morgan fingerprint density at radius 2 is 1.82 bits per heavy atom. The molecule has 0 bridgehead atoms. The first-order valence-electron chi connectivity index (χ1n) is 9.16. The summed E-state index contributed by atoms with van der Waals surface area (Å²) in [7, 11) is 3.55. The van der Waals surface area contributed by atoms with E-state index in [0.717, 1.165) is 25.7 Å². The minimum Gasteiger partial charge on any atom is -0.448 e. The smallest absolute Gasteiger partial charge is 0.270 e. The molecule has 2 aliphatic rings. The summed E-state index contributed by atoms with van der Waals surface area (Å²) in [5, 5.41) is 13.9. The maximum Gasteiger partial charge on any atom is 0.270 e. The number of amides is 1. The number of non-ortho nitro benzene ring substituents is 1. The third kappa shape index (κ3) is 3.21. The number of nitro groups is 1. The number of benzene rings is 2. The molecule has 1 fully saturated rings. The van der Waals surface area contributed by atoms with Crippen LogP contribution in [0.4, 0.5) is 17.1 Å². The van der Waals surface area contributed by atoms with Crippen LogP contribution in [0.1, 0.15) is 36.0 Å². The van der Waals surface area contributed by atoms with E-state index in [9.17, 15) is 14.9 Å². The molecule has 0 unspecified atom stereocenters. The van der Waals surface area contributed by atoms with Gasteiger partial charge in [-0.3, -0.25) is 14.9 Å². The van der Waals surface area contributed by atoms with E-state index < -0.39 is 16.6 Å². The van der Waals surface area contributed by atoms with Crippen LogP contribution in [0.5, 0.6) is 11.5 Å². The van der Waals surface area contributed by atoms with Crippen LogP contribution in [0.15, 0.2) is 36.4 Å². The summed E-state index contributed by atoms with van der Waals surface area (Å²) >= 11 is 0. The second-order valence-electron chi connectivity index (χ2n) is 7.29. The molecule has 8 nitrogen and oxygen atoms in total. The van der Waals surface area contributed by atoms with Crippen LogP contribution in [0.3, 0.4) is 0 Å². The van der Waals surface area contributed by atoms with Crippen molar-refractivity contribution in [2.24, 2.45) is 0 Å². The van der Waals surface area contributed by atoms with Crippen molar-refractivity contribution in [2.75, 3.05) is 24.3 Å². The van der Waals surface area contributed by atoms with Crippen LogP contribution in [0.25, 0.3) is 0 Å². The second kappa shape index (κ2) is 6.70. The number of carbonyl (C=O) groups excluding carboxylic acids is 1. The van der Waals surface area contributed by atoms with Crippen LogP contribution in [-0.2, 0) is 0 Å². The molecule has 4 rings (SSSR count). The number of ether oxygens (including phenoxy) is 2. The molecule has 2 aromatic carbocycles. The molecule has 0 saturated heterocycles. The first-order valence-corrected chi connectivity index (χ1v) is 9.16. The van der Waals surface area contributed by atoms with Crippen molar-refractivity contribution in [3.05, 3.63) is 52.1 Å². The van der Waals surface area contributed by atoms with Gasteiger partial charge >= 0.3 is 0 Å². The molecular weight excluding hydrogens is 362 g/mol. The first kappa shape index (κ1) is 18.1. The van der Waals surface area contributed by atoms with Gasteiger partial charge in [0.05, 0.1) is 10.5 Å². The summed E-state index contributed by atoms with van der Waals surface area (Å²) < 4.78 is 12.0. The maximum absolute atomic E-state index is 12.8. The minimum absolute atomic E-state index is 0.135. The summed E-state index contributed by atoms with van der Waals surface area (Å²) in [4.78, 5) is 25.1. The molecule has 1 N–H and O–H groups in total. The molecule has 1 saturated carbocycles. The van der Waals surface area contributed by atoms with Gasteiger partial charge in [0, 0.05) is 56.5 Å². The molecule has 146 valence electrons. The summed E-state index contributed by atoms with van der Waals surface area (Å²) in [5.41, 5.74) is 1.22. The Bertz CT molecular complexity index is 951. The lowest BCUT2D eigenvalue weighted by atomic mass is 10.1. The van der Waals surface area contributed by atoms with E-state index in [1.54, 1.807) is 43.3 Å². The third-order valence-electron chi connectivity index (χ3n) is 5.08. The topological polar surface area (TPSA) is 93.9 Å². The predicted molar refractivity (Wildman–Crippen MR) is 104 cm³/mol. The van der Waals surface area contributed by atoms with E-state index in [1.807, 2.05) is 0 Å². The van der Waals surface area contributed by atoms with Gasteiger partial charge in [0.1, 0.15) is 0 Å². The molecule has 1 amide bonds. The molecule has 1 spiro atoms. The molecule has 0 radical (unpaired) electrons. The Balaban J connectivity index is 1.58. The zero-order valence-electron chi connectivity index (χ0n) is 15.7. The number of hydrogen-bond acceptors (Lipinski definition) is 6. The van der Waals surface area contributed by atoms with Gasteiger partial charge in [0.25, 0.3) is 17.4 Å². The minimum atomic E-state index is -0.566. The highest BCUT2D eigenvalue weighted by Gasteiger charge is 2.44. The number of nitrogens with one attached hydrogen (secondary N) is 1. The van der Waals surface area contributed by atoms with Gasteiger partial charge in [-0.05, 0) is 31.0 Å². The van der Waals surface area contributed by atoms with E-state index in [2.05, 4.69) is 5.32 Å². The van der Waals surface area contributed by atoms with Crippen LogP contribution in [0.2, 0.25) is 0 Å². The molecule has 0 aromatic heterocycles. The predicted octanol–water partition coefficient (Wildman–Crippen LogP) is 3.95. The largest absolute Gasteiger partial charge is 0.448 e. The number of hydrogen-bond donors (Lipinski definition) is 1. The van der Waals surface area contributed by atoms with Gasteiger partial charge in [-0.15, -0.1) is 0 Å². The lowest BCUT2D eigenvalue weighted by molar-refractivity contribution is -0.384. The molecule has 28 heavy (non-hydrogen) atoms. The van der Waals surface area contributed by atoms with E-state index in [4.69, 9.17) is 9.47 Å². The number of carbonyl (C=O) groups is 1. The summed E-state index contributed by atoms with van der Waals surface area (Å²) in [5.74, 6) is 0.279. The van der Waals surface area contributed by atoms with Crippen molar-refractivity contribution in [2.45, 2.75) is 31.5 Å². The van der Waals surface area contributed by atoms with Crippen molar-refractivity contribution < 1.29 is 19.2 Å². The van der Waals surface area contributed by atoms with Crippen molar-refractivity contribution >= 4 is 23.0 Å². The van der Waals surface area contributed by atoms with Gasteiger partial charge in [0.2, 0.25) is 0 Å². The summed E-state index contributed by atoms with van der Waals surface area (Å²) in [6.07, 6.45) is 3.84. The zero-order chi connectivity index (χ0) is 19.9. The van der Waals surface area contributed by atoms with Crippen molar-refractivity contribution in [3.63, 3.8) is 0 Å². The normalized spacial score (nSPS) is 16.2. The fourth-order valence-corrected chi connectivity index (χ4v) is 3.70. The number of rotatable bonds is 4. The Kier molecular flexibility index (Phi) is 4.33. The van der Waals surface area contributed by atoms with Gasteiger partial charge in [0.15, 0.2) is 11.5 Å². The van der Waals surface area contributed by atoms with E-state index in [0.29, 0.717) is 22.9 Å². The van der Waals surface area contributed by atoms with Crippen molar-refractivity contribution in [1.82, 2.24) is 0 Å². The van der Waals surface area contributed by atoms with Gasteiger partial charge < -0.3 is 19.7 Å². The average molecular weight is 383 g/mol. The van der Waals surface area contributed by atoms with Gasteiger partial charge in [-0.2, -0.15) is 0 Å². The number of anilines is 2. The lowest BCUT2D eigenvalue weighted by Crippen LogP contribution is -2.34. The summed E-state index contributed by atoms with van der Waals surface area (Å²) in [6.45, 7) is 0. The van der Waals surface area contributed by atoms with Gasteiger partial charge in [-0.25, -0.2) is 0 Å². The molecule has 0 atom stereocenters. The number of nitro benzene ring substituents is 1. The van der Waals surface area contributed by atoms with E-state index in [-0.39, 0.29) is 11.3 Å².